The third kappa shape index (κ3) is 2.76. The first-order valence-electron chi connectivity index (χ1n) is 6.06. The molecule has 0 aliphatic carbocycles. The number of hydrogen-bond donors (Lipinski definition) is 2. The smallest absolute Gasteiger partial charge is 0.240 e. The number of fused-ring (bicyclic) bond motifs is 1. The Hall–Kier alpha value is -1.27. The van der Waals surface area contributed by atoms with E-state index in [9.17, 15) is 8.42 Å². The van der Waals surface area contributed by atoms with E-state index >= 15 is 0 Å². The van der Waals surface area contributed by atoms with E-state index in [1.54, 1.807) is 18.2 Å². The van der Waals surface area contributed by atoms with Gasteiger partial charge < -0.3 is 10.1 Å². The molecule has 0 bridgehead atoms. The Balaban J connectivity index is 2.28. The summed E-state index contributed by atoms with van der Waals surface area (Å²) in [4.78, 5) is 0.263. The van der Waals surface area contributed by atoms with Gasteiger partial charge in [0.1, 0.15) is 12.4 Å². The molecular formula is C12H18N2O3S. The Morgan fingerprint density at radius 2 is 2.28 bits per heavy atom. The van der Waals surface area contributed by atoms with Crippen molar-refractivity contribution in [3.63, 3.8) is 0 Å². The summed E-state index contributed by atoms with van der Waals surface area (Å²) in [5, 5.41) is 3.13. The molecule has 0 saturated heterocycles. The Labute approximate surface area is 108 Å². The molecule has 6 heteroatoms. The molecule has 0 saturated carbocycles. The van der Waals surface area contributed by atoms with Crippen LogP contribution in [0.15, 0.2) is 23.1 Å². The van der Waals surface area contributed by atoms with Gasteiger partial charge in [-0.25, -0.2) is 13.1 Å². The minimum absolute atomic E-state index is 0.0739. The maximum atomic E-state index is 12.1. The second-order valence-electron chi connectivity index (χ2n) is 4.36. The topological polar surface area (TPSA) is 67.4 Å². The number of anilines is 1. The highest BCUT2D eigenvalue weighted by Crippen LogP contribution is 2.29. The second kappa shape index (κ2) is 5.16. The molecule has 2 N–H and O–H groups in total. The molecule has 1 aliphatic rings. The normalized spacial score (nSPS) is 16.3. The molecule has 1 aromatic rings. The summed E-state index contributed by atoms with van der Waals surface area (Å²) in [6.07, 6.45) is 0.755. The molecule has 0 amide bonds. The van der Waals surface area contributed by atoms with Crippen LogP contribution in [0.4, 0.5) is 5.69 Å². The van der Waals surface area contributed by atoms with Crippen molar-refractivity contribution >= 4 is 15.7 Å². The van der Waals surface area contributed by atoms with E-state index in [0.29, 0.717) is 18.9 Å². The predicted octanol–water partition coefficient (Wildman–Crippen LogP) is 1.57. The fourth-order valence-electron chi connectivity index (χ4n) is 1.70. The Morgan fingerprint density at radius 3 is 3.00 bits per heavy atom. The lowest BCUT2D eigenvalue weighted by Crippen LogP contribution is -2.32. The Morgan fingerprint density at radius 1 is 1.50 bits per heavy atom. The van der Waals surface area contributed by atoms with Gasteiger partial charge in [0.15, 0.2) is 0 Å². The van der Waals surface area contributed by atoms with Gasteiger partial charge in [0, 0.05) is 12.6 Å². The molecule has 1 heterocycles. The van der Waals surface area contributed by atoms with Crippen molar-refractivity contribution in [3.8, 4) is 5.75 Å². The number of benzene rings is 1. The maximum absolute atomic E-state index is 12.1. The lowest BCUT2D eigenvalue weighted by atomic mass is 10.2. The van der Waals surface area contributed by atoms with Gasteiger partial charge in [-0.05, 0) is 31.5 Å². The zero-order valence-electron chi connectivity index (χ0n) is 10.6. The summed E-state index contributed by atoms with van der Waals surface area (Å²) >= 11 is 0. The summed E-state index contributed by atoms with van der Waals surface area (Å²) < 4.78 is 32.3. The minimum atomic E-state index is -3.45. The summed E-state index contributed by atoms with van der Waals surface area (Å²) in [6.45, 7) is 5.08. The van der Waals surface area contributed by atoms with Crippen LogP contribution in [0, 0.1) is 0 Å². The van der Waals surface area contributed by atoms with Crippen molar-refractivity contribution in [2.24, 2.45) is 0 Å². The van der Waals surface area contributed by atoms with Gasteiger partial charge in [-0.3, -0.25) is 0 Å². The molecular weight excluding hydrogens is 252 g/mol. The van der Waals surface area contributed by atoms with E-state index in [1.165, 1.54) is 0 Å². The van der Waals surface area contributed by atoms with Crippen molar-refractivity contribution in [3.05, 3.63) is 18.2 Å². The third-order valence-electron chi connectivity index (χ3n) is 2.91. The zero-order valence-corrected chi connectivity index (χ0v) is 11.4. The average Bonchev–Trinajstić information content (AvgIpc) is 2.37. The summed E-state index contributed by atoms with van der Waals surface area (Å²) in [5.41, 5.74) is 0.730. The minimum Gasteiger partial charge on any atom is -0.490 e. The highest BCUT2D eigenvalue weighted by molar-refractivity contribution is 7.89. The van der Waals surface area contributed by atoms with Crippen LogP contribution < -0.4 is 14.8 Å². The molecule has 0 spiro atoms. The average molecular weight is 270 g/mol. The lowest BCUT2D eigenvalue weighted by molar-refractivity contribution is 0.323. The number of sulfonamides is 1. The molecule has 18 heavy (non-hydrogen) atoms. The Bertz CT molecular complexity index is 528. The molecule has 1 aromatic carbocycles. The molecule has 0 fully saturated rings. The van der Waals surface area contributed by atoms with Crippen LogP contribution in [0.2, 0.25) is 0 Å². The SMILES string of the molecule is CCC(C)NS(=O)(=O)c1ccc2c(c1)NCCO2. The molecule has 0 radical (unpaired) electrons. The van der Waals surface area contributed by atoms with Crippen molar-refractivity contribution in [1.29, 1.82) is 0 Å². The second-order valence-corrected chi connectivity index (χ2v) is 6.08. The highest BCUT2D eigenvalue weighted by atomic mass is 32.2. The first-order valence-corrected chi connectivity index (χ1v) is 7.54. The van der Waals surface area contributed by atoms with Crippen LogP contribution in [-0.2, 0) is 10.0 Å². The van der Waals surface area contributed by atoms with E-state index in [1.807, 2.05) is 13.8 Å². The molecule has 1 unspecified atom stereocenters. The van der Waals surface area contributed by atoms with E-state index in [2.05, 4.69) is 10.0 Å². The van der Waals surface area contributed by atoms with E-state index < -0.39 is 10.0 Å². The molecule has 100 valence electrons. The number of nitrogens with one attached hydrogen (secondary N) is 2. The van der Waals surface area contributed by atoms with Crippen molar-refractivity contribution < 1.29 is 13.2 Å². The first kappa shape index (κ1) is 13.2. The van der Waals surface area contributed by atoms with Crippen LogP contribution in [0.25, 0.3) is 0 Å². The van der Waals surface area contributed by atoms with Crippen LogP contribution in [0.1, 0.15) is 20.3 Å². The van der Waals surface area contributed by atoms with Crippen LogP contribution in [0.5, 0.6) is 5.75 Å². The van der Waals surface area contributed by atoms with Crippen LogP contribution in [-0.4, -0.2) is 27.6 Å². The number of ether oxygens (including phenoxy) is 1. The number of rotatable bonds is 4. The van der Waals surface area contributed by atoms with E-state index in [4.69, 9.17) is 4.74 Å². The third-order valence-corrected chi connectivity index (χ3v) is 4.49. The Kier molecular flexibility index (Phi) is 3.77. The summed E-state index contributed by atoms with van der Waals surface area (Å²) in [6, 6.07) is 4.79. The fourth-order valence-corrected chi connectivity index (χ4v) is 3.06. The summed E-state index contributed by atoms with van der Waals surface area (Å²) in [5.74, 6) is 0.698. The highest BCUT2D eigenvalue weighted by Gasteiger charge is 2.19. The monoisotopic (exact) mass is 270 g/mol. The largest absolute Gasteiger partial charge is 0.490 e. The fraction of sp³-hybridized carbons (Fsp3) is 0.500. The predicted molar refractivity (Wildman–Crippen MR) is 70.5 cm³/mol. The van der Waals surface area contributed by atoms with Gasteiger partial charge in [0.2, 0.25) is 10.0 Å². The van der Waals surface area contributed by atoms with Gasteiger partial charge in [0.05, 0.1) is 10.6 Å². The van der Waals surface area contributed by atoms with E-state index in [0.717, 1.165) is 12.1 Å². The molecule has 1 aliphatic heterocycles. The van der Waals surface area contributed by atoms with Gasteiger partial charge in [-0.1, -0.05) is 6.92 Å². The van der Waals surface area contributed by atoms with Crippen molar-refractivity contribution in [2.45, 2.75) is 31.2 Å². The molecule has 2 rings (SSSR count). The standard InChI is InChI=1S/C12H18N2O3S/c1-3-9(2)14-18(15,16)10-4-5-12-11(8-10)13-6-7-17-12/h4-5,8-9,13-14H,3,6-7H2,1-2H3. The van der Waals surface area contributed by atoms with Gasteiger partial charge in [-0.2, -0.15) is 0 Å². The van der Waals surface area contributed by atoms with Gasteiger partial charge in [0.25, 0.3) is 0 Å². The number of hydrogen-bond acceptors (Lipinski definition) is 4. The zero-order chi connectivity index (χ0) is 13.2. The van der Waals surface area contributed by atoms with Gasteiger partial charge in [-0.15, -0.1) is 0 Å². The first-order chi connectivity index (χ1) is 8.53. The van der Waals surface area contributed by atoms with E-state index in [-0.39, 0.29) is 10.9 Å². The van der Waals surface area contributed by atoms with Crippen molar-refractivity contribution in [1.82, 2.24) is 4.72 Å². The maximum Gasteiger partial charge on any atom is 0.240 e. The quantitative estimate of drug-likeness (QED) is 0.871. The van der Waals surface area contributed by atoms with Gasteiger partial charge >= 0.3 is 0 Å². The summed E-state index contributed by atoms with van der Waals surface area (Å²) in [7, 11) is -3.45. The molecule has 1 atom stereocenters. The van der Waals surface area contributed by atoms with Crippen molar-refractivity contribution in [2.75, 3.05) is 18.5 Å². The molecule has 0 aromatic heterocycles. The van der Waals surface area contributed by atoms with Crippen LogP contribution in [0.3, 0.4) is 0 Å². The molecule has 5 nitrogen and oxygen atoms in total. The lowest BCUT2D eigenvalue weighted by Gasteiger charge is -2.20. The van der Waals surface area contributed by atoms with Crippen LogP contribution >= 0.6 is 0 Å².